The van der Waals surface area contributed by atoms with Crippen LogP contribution in [-0.2, 0) is 18.9 Å². The third kappa shape index (κ3) is 9.69. The Kier molecular flexibility index (Phi) is 11.1. The highest BCUT2D eigenvalue weighted by atomic mass is 16.6. The van der Waals surface area contributed by atoms with Crippen LogP contribution in [0.2, 0.25) is 0 Å². The maximum atomic E-state index is 12.0. The van der Waals surface area contributed by atoms with Crippen LogP contribution in [0.5, 0.6) is 0 Å². The van der Waals surface area contributed by atoms with Gasteiger partial charge < -0.3 is 30.0 Å². The van der Waals surface area contributed by atoms with E-state index in [4.69, 9.17) is 31.1 Å². The molecule has 0 aliphatic carbocycles. The number of nitrogens with one attached hydrogen (secondary N) is 1. The second kappa shape index (κ2) is 13.2. The highest BCUT2D eigenvalue weighted by molar-refractivity contribution is 5.95. The van der Waals surface area contributed by atoms with Gasteiger partial charge in [0.1, 0.15) is 0 Å². The van der Waals surface area contributed by atoms with Crippen molar-refractivity contribution in [2.45, 2.75) is 0 Å². The number of amides is 1. The minimum atomic E-state index is -0.239. The number of hydrogen-bond donors (Lipinski definition) is 2. The van der Waals surface area contributed by atoms with E-state index in [2.05, 4.69) is 11.2 Å². The largest absolute Gasteiger partial charge is 0.399 e. The summed E-state index contributed by atoms with van der Waals surface area (Å²) in [7, 11) is 1.63. The minimum Gasteiger partial charge on any atom is -0.399 e. The summed E-state index contributed by atoms with van der Waals surface area (Å²) in [5.41, 5.74) is 7.18. The predicted molar refractivity (Wildman–Crippen MR) is 95.5 cm³/mol. The SMILES string of the molecule is C#Cc1cc(N)cc(C(=O)NCCOCCOCCOCCOC)c1. The van der Waals surface area contributed by atoms with E-state index in [0.29, 0.717) is 69.6 Å². The number of carbonyl (C=O) groups excluding carboxylic acids is 1. The maximum absolute atomic E-state index is 12.0. The van der Waals surface area contributed by atoms with Gasteiger partial charge in [0.25, 0.3) is 5.91 Å². The summed E-state index contributed by atoms with van der Waals surface area (Å²) in [5.74, 6) is 2.23. The van der Waals surface area contributed by atoms with Gasteiger partial charge in [-0.25, -0.2) is 0 Å². The van der Waals surface area contributed by atoms with Crippen molar-refractivity contribution in [2.24, 2.45) is 0 Å². The van der Waals surface area contributed by atoms with Crippen molar-refractivity contribution in [3.63, 3.8) is 0 Å². The van der Waals surface area contributed by atoms with Gasteiger partial charge in [0.15, 0.2) is 0 Å². The average molecular weight is 350 g/mol. The first-order valence-corrected chi connectivity index (χ1v) is 8.05. The molecule has 0 heterocycles. The average Bonchev–Trinajstić information content (AvgIpc) is 2.61. The van der Waals surface area contributed by atoms with Gasteiger partial charge in [-0.1, -0.05) is 5.92 Å². The Labute approximate surface area is 148 Å². The molecule has 25 heavy (non-hydrogen) atoms. The fraction of sp³-hybridized carbons (Fsp3) is 0.500. The lowest BCUT2D eigenvalue weighted by Crippen LogP contribution is -2.27. The van der Waals surface area contributed by atoms with E-state index in [1.54, 1.807) is 25.3 Å². The van der Waals surface area contributed by atoms with E-state index in [1.807, 2.05) is 0 Å². The van der Waals surface area contributed by atoms with Crippen LogP contribution in [0.25, 0.3) is 0 Å². The molecule has 3 N–H and O–H groups in total. The summed E-state index contributed by atoms with van der Waals surface area (Å²) in [6.45, 7) is 3.88. The van der Waals surface area contributed by atoms with E-state index < -0.39 is 0 Å². The zero-order chi connectivity index (χ0) is 18.3. The second-order valence-corrected chi connectivity index (χ2v) is 5.07. The zero-order valence-electron chi connectivity index (χ0n) is 14.6. The third-order valence-electron chi connectivity index (χ3n) is 3.09. The summed E-state index contributed by atoms with van der Waals surface area (Å²) in [6.07, 6.45) is 5.33. The number of nitrogen functional groups attached to an aromatic ring is 1. The van der Waals surface area contributed by atoms with Crippen molar-refractivity contribution in [1.82, 2.24) is 5.32 Å². The summed E-state index contributed by atoms with van der Waals surface area (Å²) in [5, 5.41) is 2.75. The number of anilines is 1. The summed E-state index contributed by atoms with van der Waals surface area (Å²) < 4.78 is 20.8. The molecule has 7 heteroatoms. The standard InChI is InChI=1S/C18H26N2O5/c1-3-15-12-16(14-17(19)13-15)18(21)20-4-5-23-8-9-25-11-10-24-7-6-22-2/h1,12-14H,4-11,19H2,2H3,(H,20,21). The fourth-order valence-electron chi connectivity index (χ4n) is 1.89. The zero-order valence-corrected chi connectivity index (χ0v) is 14.6. The quantitative estimate of drug-likeness (QED) is 0.309. The molecule has 1 amide bonds. The maximum Gasteiger partial charge on any atom is 0.251 e. The van der Waals surface area contributed by atoms with Crippen molar-refractivity contribution in [1.29, 1.82) is 0 Å². The molecule has 1 rings (SSSR count). The number of benzene rings is 1. The van der Waals surface area contributed by atoms with Gasteiger partial charge in [0, 0.05) is 30.5 Å². The molecule has 0 fully saturated rings. The van der Waals surface area contributed by atoms with E-state index in [9.17, 15) is 4.79 Å². The smallest absolute Gasteiger partial charge is 0.251 e. The van der Waals surface area contributed by atoms with Crippen molar-refractivity contribution in [3.05, 3.63) is 29.3 Å². The lowest BCUT2D eigenvalue weighted by molar-refractivity contribution is 0.00415. The van der Waals surface area contributed by atoms with Gasteiger partial charge in [-0.2, -0.15) is 0 Å². The third-order valence-corrected chi connectivity index (χ3v) is 3.09. The first-order valence-electron chi connectivity index (χ1n) is 8.05. The Morgan fingerprint density at radius 1 is 1.04 bits per heavy atom. The van der Waals surface area contributed by atoms with E-state index in [-0.39, 0.29) is 5.91 Å². The van der Waals surface area contributed by atoms with Gasteiger partial charge in [0.05, 0.1) is 46.2 Å². The van der Waals surface area contributed by atoms with Crippen LogP contribution in [-0.4, -0.2) is 65.8 Å². The Morgan fingerprint density at radius 2 is 1.64 bits per heavy atom. The second-order valence-electron chi connectivity index (χ2n) is 5.07. The topological polar surface area (TPSA) is 92.0 Å². The first kappa shape index (κ1) is 20.9. The number of nitrogens with two attached hydrogens (primary N) is 1. The van der Waals surface area contributed by atoms with Gasteiger partial charge in [-0.05, 0) is 18.2 Å². The lowest BCUT2D eigenvalue weighted by atomic mass is 10.1. The van der Waals surface area contributed by atoms with Crippen molar-refractivity contribution < 1.29 is 23.7 Å². The van der Waals surface area contributed by atoms with Crippen molar-refractivity contribution in [3.8, 4) is 12.3 Å². The molecule has 0 radical (unpaired) electrons. The van der Waals surface area contributed by atoms with Gasteiger partial charge in [0.2, 0.25) is 0 Å². The molecule has 1 aromatic rings. The molecule has 7 nitrogen and oxygen atoms in total. The summed E-state index contributed by atoms with van der Waals surface area (Å²) in [4.78, 5) is 12.0. The van der Waals surface area contributed by atoms with Crippen molar-refractivity contribution in [2.75, 3.05) is 65.6 Å². The molecule has 0 saturated carbocycles. The molecular weight excluding hydrogens is 324 g/mol. The number of rotatable bonds is 13. The Bertz CT molecular complexity index is 557. The Hall–Kier alpha value is -2.11. The molecule has 0 aliphatic heterocycles. The number of carbonyl (C=O) groups is 1. The van der Waals surface area contributed by atoms with Gasteiger partial charge >= 0.3 is 0 Å². The molecule has 0 aliphatic rings. The van der Waals surface area contributed by atoms with E-state index in [1.165, 1.54) is 0 Å². The van der Waals surface area contributed by atoms with E-state index >= 15 is 0 Å². The molecule has 0 atom stereocenters. The van der Waals surface area contributed by atoms with Crippen LogP contribution >= 0.6 is 0 Å². The van der Waals surface area contributed by atoms with Crippen LogP contribution < -0.4 is 11.1 Å². The molecule has 0 spiro atoms. The molecule has 0 unspecified atom stereocenters. The molecule has 0 bridgehead atoms. The molecule has 0 saturated heterocycles. The minimum absolute atomic E-state index is 0.239. The van der Waals surface area contributed by atoms with Crippen molar-refractivity contribution >= 4 is 11.6 Å². The highest BCUT2D eigenvalue weighted by Gasteiger charge is 2.06. The van der Waals surface area contributed by atoms with Crippen LogP contribution in [0.4, 0.5) is 5.69 Å². The van der Waals surface area contributed by atoms with Crippen LogP contribution in [0.3, 0.4) is 0 Å². The molecule has 0 aromatic heterocycles. The highest BCUT2D eigenvalue weighted by Crippen LogP contribution is 2.11. The fourth-order valence-corrected chi connectivity index (χ4v) is 1.89. The molecular formula is C18H26N2O5. The number of terminal acetylenes is 1. The first-order chi connectivity index (χ1) is 12.2. The Morgan fingerprint density at radius 3 is 2.24 bits per heavy atom. The number of hydrogen-bond acceptors (Lipinski definition) is 6. The van der Waals surface area contributed by atoms with Crippen LogP contribution in [0.15, 0.2) is 18.2 Å². The number of ether oxygens (including phenoxy) is 4. The molecule has 1 aromatic carbocycles. The van der Waals surface area contributed by atoms with Crippen LogP contribution in [0.1, 0.15) is 15.9 Å². The normalized spacial score (nSPS) is 10.4. The number of methoxy groups -OCH3 is 1. The monoisotopic (exact) mass is 350 g/mol. The summed E-state index contributed by atoms with van der Waals surface area (Å²) in [6, 6.07) is 4.84. The van der Waals surface area contributed by atoms with Gasteiger partial charge in [-0.3, -0.25) is 4.79 Å². The van der Waals surface area contributed by atoms with Gasteiger partial charge in [-0.15, -0.1) is 6.42 Å². The Balaban J connectivity index is 2.04. The predicted octanol–water partition coefficient (Wildman–Crippen LogP) is 0.676. The molecule has 138 valence electrons. The van der Waals surface area contributed by atoms with E-state index in [0.717, 1.165) is 0 Å². The lowest BCUT2D eigenvalue weighted by Gasteiger charge is -2.08. The van der Waals surface area contributed by atoms with Crippen LogP contribution in [0, 0.1) is 12.3 Å². The summed E-state index contributed by atoms with van der Waals surface area (Å²) >= 11 is 0.